The van der Waals surface area contributed by atoms with Gasteiger partial charge in [-0.1, -0.05) is 11.3 Å². The second-order valence-electron chi connectivity index (χ2n) is 4.15. The van der Waals surface area contributed by atoms with Gasteiger partial charge in [-0.25, -0.2) is 9.78 Å². The molecule has 0 saturated heterocycles. The molecular formula is C13H13N3O4S. The Labute approximate surface area is 124 Å². The van der Waals surface area contributed by atoms with Gasteiger partial charge in [0.05, 0.1) is 18.5 Å². The second-order valence-corrected chi connectivity index (χ2v) is 5.15. The van der Waals surface area contributed by atoms with Crippen molar-refractivity contribution in [1.29, 1.82) is 0 Å². The lowest BCUT2D eigenvalue weighted by atomic mass is 10.4. The number of thiazole rings is 1. The second kappa shape index (κ2) is 6.31. The van der Waals surface area contributed by atoms with Crippen LogP contribution in [0.5, 0.6) is 0 Å². The first-order chi connectivity index (χ1) is 10.0. The number of methoxy groups -OCH3 is 1. The van der Waals surface area contributed by atoms with Gasteiger partial charge in [0.25, 0.3) is 0 Å². The van der Waals surface area contributed by atoms with Gasteiger partial charge in [-0.3, -0.25) is 9.59 Å². The molecule has 21 heavy (non-hydrogen) atoms. The molecule has 0 unspecified atom stereocenters. The molecule has 0 aromatic carbocycles. The number of rotatable bonds is 5. The smallest absolute Gasteiger partial charge is 0.350 e. The number of hydrogen-bond donors (Lipinski definition) is 1. The first kappa shape index (κ1) is 14.9. The standard InChI is InChI=1S/C13H13N3O4S/c1-8-11(12(19)20-2)21-13(14-8)15-10(18)6-16-5-3-4-9(16)7-17/h3-5,7H,6H2,1-2H3,(H,14,15,18). The number of carbonyl (C=O) groups excluding carboxylic acids is 3. The number of nitrogens with zero attached hydrogens (tertiary/aromatic N) is 2. The fraction of sp³-hybridized carbons (Fsp3) is 0.231. The summed E-state index contributed by atoms with van der Waals surface area (Å²) in [5.41, 5.74) is 0.910. The summed E-state index contributed by atoms with van der Waals surface area (Å²) >= 11 is 1.05. The summed E-state index contributed by atoms with van der Waals surface area (Å²) in [4.78, 5) is 38.6. The van der Waals surface area contributed by atoms with Crippen molar-refractivity contribution in [2.75, 3.05) is 12.4 Å². The van der Waals surface area contributed by atoms with E-state index in [9.17, 15) is 14.4 Å². The van der Waals surface area contributed by atoms with Crippen molar-refractivity contribution in [3.05, 3.63) is 34.6 Å². The molecule has 0 atom stereocenters. The van der Waals surface area contributed by atoms with Gasteiger partial charge < -0.3 is 14.6 Å². The zero-order chi connectivity index (χ0) is 15.4. The highest BCUT2D eigenvalue weighted by Crippen LogP contribution is 2.23. The minimum Gasteiger partial charge on any atom is -0.465 e. The van der Waals surface area contributed by atoms with Crippen LogP contribution in [-0.4, -0.2) is 34.8 Å². The van der Waals surface area contributed by atoms with Crippen LogP contribution in [0.25, 0.3) is 0 Å². The first-order valence-electron chi connectivity index (χ1n) is 6.01. The number of anilines is 1. The van der Waals surface area contributed by atoms with E-state index in [1.54, 1.807) is 25.3 Å². The SMILES string of the molecule is COC(=O)c1sc(NC(=O)Cn2cccc2C=O)nc1C. The van der Waals surface area contributed by atoms with Gasteiger partial charge in [-0.15, -0.1) is 0 Å². The lowest BCUT2D eigenvalue weighted by Crippen LogP contribution is -2.19. The third-order valence-electron chi connectivity index (χ3n) is 2.71. The Morgan fingerprint density at radius 3 is 2.95 bits per heavy atom. The molecular weight excluding hydrogens is 294 g/mol. The molecule has 0 fully saturated rings. The van der Waals surface area contributed by atoms with Gasteiger partial charge in [0.15, 0.2) is 11.4 Å². The molecule has 0 radical (unpaired) electrons. The highest BCUT2D eigenvalue weighted by Gasteiger charge is 2.17. The Morgan fingerprint density at radius 1 is 1.52 bits per heavy atom. The topological polar surface area (TPSA) is 90.3 Å². The van der Waals surface area contributed by atoms with Crippen LogP contribution in [0.4, 0.5) is 5.13 Å². The number of amides is 1. The minimum absolute atomic E-state index is 0.00669. The van der Waals surface area contributed by atoms with E-state index in [0.717, 1.165) is 11.3 Å². The van der Waals surface area contributed by atoms with Crippen LogP contribution in [-0.2, 0) is 16.1 Å². The molecule has 1 amide bonds. The van der Waals surface area contributed by atoms with Gasteiger partial charge in [0, 0.05) is 6.20 Å². The molecule has 0 bridgehead atoms. The van der Waals surface area contributed by atoms with Crippen molar-refractivity contribution in [1.82, 2.24) is 9.55 Å². The zero-order valence-electron chi connectivity index (χ0n) is 11.5. The van der Waals surface area contributed by atoms with E-state index in [1.807, 2.05) is 0 Å². The Balaban J connectivity index is 2.06. The Hall–Kier alpha value is -2.48. The van der Waals surface area contributed by atoms with E-state index < -0.39 is 5.97 Å². The van der Waals surface area contributed by atoms with Crippen LogP contribution in [0.15, 0.2) is 18.3 Å². The van der Waals surface area contributed by atoms with Gasteiger partial charge in [-0.05, 0) is 19.1 Å². The molecule has 2 aromatic heterocycles. The molecule has 0 aliphatic heterocycles. The molecule has 0 aliphatic carbocycles. The fourth-order valence-electron chi connectivity index (χ4n) is 1.72. The summed E-state index contributed by atoms with van der Waals surface area (Å²) in [6, 6.07) is 3.29. The molecule has 7 nitrogen and oxygen atoms in total. The summed E-state index contributed by atoms with van der Waals surface area (Å²) in [6.07, 6.45) is 2.31. The maximum atomic E-state index is 11.9. The molecule has 110 valence electrons. The monoisotopic (exact) mass is 307 g/mol. The minimum atomic E-state index is -0.487. The van der Waals surface area contributed by atoms with E-state index in [4.69, 9.17) is 0 Å². The maximum absolute atomic E-state index is 11.9. The van der Waals surface area contributed by atoms with E-state index >= 15 is 0 Å². The predicted molar refractivity (Wildman–Crippen MR) is 76.6 cm³/mol. The third-order valence-corrected chi connectivity index (χ3v) is 3.77. The van der Waals surface area contributed by atoms with Crippen LogP contribution in [0.2, 0.25) is 0 Å². The van der Waals surface area contributed by atoms with Gasteiger partial charge in [0.1, 0.15) is 11.4 Å². The largest absolute Gasteiger partial charge is 0.465 e. The number of carbonyl (C=O) groups is 3. The third kappa shape index (κ3) is 3.34. The number of nitrogens with one attached hydrogen (secondary N) is 1. The van der Waals surface area contributed by atoms with E-state index in [-0.39, 0.29) is 12.5 Å². The number of aryl methyl sites for hydroxylation is 1. The molecule has 8 heteroatoms. The number of hydrogen-bond acceptors (Lipinski definition) is 6. The van der Waals surface area contributed by atoms with Gasteiger partial charge in [0.2, 0.25) is 5.91 Å². The lowest BCUT2D eigenvalue weighted by molar-refractivity contribution is -0.116. The Kier molecular flexibility index (Phi) is 4.49. The van der Waals surface area contributed by atoms with Crippen LogP contribution >= 0.6 is 11.3 Å². The van der Waals surface area contributed by atoms with Crippen molar-refractivity contribution in [2.24, 2.45) is 0 Å². The molecule has 0 spiro atoms. The quantitative estimate of drug-likeness (QED) is 0.667. The summed E-state index contributed by atoms with van der Waals surface area (Å²) in [6.45, 7) is 1.65. The highest BCUT2D eigenvalue weighted by atomic mass is 32.1. The molecule has 2 aromatic rings. The van der Waals surface area contributed by atoms with E-state index in [0.29, 0.717) is 27.7 Å². The number of ether oxygens (including phenoxy) is 1. The van der Waals surface area contributed by atoms with Crippen molar-refractivity contribution in [3.8, 4) is 0 Å². The van der Waals surface area contributed by atoms with Crippen molar-refractivity contribution >= 4 is 34.6 Å². The van der Waals surface area contributed by atoms with Crippen molar-refractivity contribution in [2.45, 2.75) is 13.5 Å². The van der Waals surface area contributed by atoms with Crippen LogP contribution in [0, 0.1) is 6.92 Å². The molecule has 2 heterocycles. The summed E-state index contributed by atoms with van der Waals surface area (Å²) in [5, 5.41) is 2.91. The van der Waals surface area contributed by atoms with Crippen LogP contribution in [0.3, 0.4) is 0 Å². The summed E-state index contributed by atoms with van der Waals surface area (Å²) in [5.74, 6) is -0.821. The van der Waals surface area contributed by atoms with Crippen molar-refractivity contribution in [3.63, 3.8) is 0 Å². The molecule has 0 saturated carbocycles. The Morgan fingerprint density at radius 2 is 2.29 bits per heavy atom. The summed E-state index contributed by atoms with van der Waals surface area (Å²) in [7, 11) is 1.28. The van der Waals surface area contributed by atoms with E-state index in [2.05, 4.69) is 15.0 Å². The molecule has 2 rings (SSSR count). The van der Waals surface area contributed by atoms with Gasteiger partial charge in [-0.2, -0.15) is 0 Å². The lowest BCUT2D eigenvalue weighted by Gasteiger charge is -2.04. The van der Waals surface area contributed by atoms with E-state index in [1.165, 1.54) is 11.7 Å². The first-order valence-corrected chi connectivity index (χ1v) is 6.82. The average Bonchev–Trinajstić information content (AvgIpc) is 3.04. The predicted octanol–water partition coefficient (Wildman–Crippen LogP) is 1.49. The number of esters is 1. The normalized spacial score (nSPS) is 10.2. The number of aldehydes is 1. The highest BCUT2D eigenvalue weighted by molar-refractivity contribution is 7.17. The summed E-state index contributed by atoms with van der Waals surface area (Å²) < 4.78 is 6.14. The fourth-order valence-corrected chi connectivity index (χ4v) is 2.62. The molecule has 1 N–H and O–H groups in total. The van der Waals surface area contributed by atoms with Gasteiger partial charge >= 0.3 is 5.97 Å². The van der Waals surface area contributed by atoms with Crippen LogP contribution in [0.1, 0.15) is 25.9 Å². The van der Waals surface area contributed by atoms with Crippen LogP contribution < -0.4 is 5.32 Å². The maximum Gasteiger partial charge on any atom is 0.350 e. The van der Waals surface area contributed by atoms with Crippen molar-refractivity contribution < 1.29 is 19.1 Å². The zero-order valence-corrected chi connectivity index (χ0v) is 12.3. The average molecular weight is 307 g/mol. The molecule has 0 aliphatic rings. The Bertz CT molecular complexity index is 689. The number of aromatic nitrogens is 2.